The largest absolute Gasteiger partial charge is 0.341 e. The first-order chi connectivity index (χ1) is 9.46. The monoisotopic (exact) mass is 322 g/mol. The summed E-state index contributed by atoms with van der Waals surface area (Å²) in [6.07, 6.45) is 1.82. The minimum absolute atomic E-state index is 0.0984. The highest BCUT2D eigenvalue weighted by atomic mass is 32.2. The van der Waals surface area contributed by atoms with Crippen LogP contribution in [0.4, 0.5) is 0 Å². The molecule has 0 aromatic heterocycles. The van der Waals surface area contributed by atoms with Crippen molar-refractivity contribution >= 4 is 27.9 Å². The summed E-state index contributed by atoms with van der Waals surface area (Å²) < 4.78 is 24.1. The van der Waals surface area contributed by atoms with Crippen molar-refractivity contribution < 1.29 is 13.2 Å². The first-order valence-corrected chi connectivity index (χ1v) is 9.53. The molecule has 2 rings (SSSR count). The molecule has 2 heterocycles. The van der Waals surface area contributed by atoms with Crippen molar-refractivity contribution in [2.75, 3.05) is 37.7 Å². The average molecular weight is 322 g/mol. The van der Waals surface area contributed by atoms with Crippen LogP contribution in [-0.2, 0) is 15.0 Å². The number of hydrogen-bond donors (Lipinski definition) is 3. The molecule has 116 valence electrons. The fourth-order valence-corrected chi connectivity index (χ4v) is 4.00. The van der Waals surface area contributed by atoms with E-state index < -0.39 is 10.2 Å². The SMILES string of the molecule is NS(=O)(=O)NCC1CCCN(C(=O)C2CSCCN2)C1. The van der Waals surface area contributed by atoms with E-state index in [9.17, 15) is 13.2 Å². The lowest BCUT2D eigenvalue weighted by Gasteiger charge is -2.36. The van der Waals surface area contributed by atoms with E-state index in [1.165, 1.54) is 0 Å². The third-order valence-corrected chi connectivity index (χ3v) is 5.25. The molecule has 0 spiro atoms. The Morgan fingerprint density at radius 1 is 1.50 bits per heavy atom. The lowest BCUT2D eigenvalue weighted by molar-refractivity contribution is -0.134. The van der Waals surface area contributed by atoms with Gasteiger partial charge in [0.15, 0.2) is 0 Å². The summed E-state index contributed by atoms with van der Waals surface area (Å²) in [6, 6.07) is -0.0984. The molecule has 7 nitrogen and oxygen atoms in total. The fraction of sp³-hybridized carbons (Fsp3) is 0.909. The number of amides is 1. The molecule has 4 N–H and O–H groups in total. The summed E-state index contributed by atoms with van der Waals surface area (Å²) in [5.74, 6) is 2.14. The Hall–Kier alpha value is -0.350. The van der Waals surface area contributed by atoms with Crippen LogP contribution < -0.4 is 15.2 Å². The molecule has 20 heavy (non-hydrogen) atoms. The molecule has 2 unspecified atom stereocenters. The van der Waals surface area contributed by atoms with Crippen LogP contribution in [0.1, 0.15) is 12.8 Å². The number of nitrogens with one attached hydrogen (secondary N) is 2. The number of likely N-dealkylation sites (tertiary alicyclic amines) is 1. The number of carbonyl (C=O) groups is 1. The second-order valence-electron chi connectivity index (χ2n) is 5.27. The zero-order valence-corrected chi connectivity index (χ0v) is 13.0. The third kappa shape index (κ3) is 4.88. The van der Waals surface area contributed by atoms with Crippen molar-refractivity contribution in [1.82, 2.24) is 14.9 Å². The van der Waals surface area contributed by atoms with E-state index in [2.05, 4.69) is 10.0 Å². The molecule has 9 heteroatoms. The molecule has 2 fully saturated rings. The molecule has 2 aliphatic rings. The first-order valence-electron chi connectivity index (χ1n) is 6.83. The van der Waals surface area contributed by atoms with Gasteiger partial charge in [-0.2, -0.15) is 20.2 Å². The second-order valence-corrected chi connectivity index (χ2v) is 7.80. The molecule has 0 bridgehead atoms. The molecular formula is C11H22N4O3S2. The van der Waals surface area contributed by atoms with E-state index in [-0.39, 0.29) is 17.9 Å². The maximum absolute atomic E-state index is 12.4. The van der Waals surface area contributed by atoms with E-state index in [1.54, 1.807) is 11.8 Å². The summed E-state index contributed by atoms with van der Waals surface area (Å²) in [5, 5.41) is 8.18. The van der Waals surface area contributed by atoms with E-state index in [0.29, 0.717) is 13.1 Å². The Kier molecular flexibility index (Phi) is 5.67. The average Bonchev–Trinajstić information content (AvgIpc) is 2.45. The van der Waals surface area contributed by atoms with Gasteiger partial charge in [-0.1, -0.05) is 0 Å². The van der Waals surface area contributed by atoms with Gasteiger partial charge in [-0.3, -0.25) is 4.79 Å². The summed E-state index contributed by atoms with van der Waals surface area (Å²) in [5.41, 5.74) is 0. The zero-order chi connectivity index (χ0) is 14.6. The van der Waals surface area contributed by atoms with Crippen molar-refractivity contribution in [2.24, 2.45) is 11.1 Å². The van der Waals surface area contributed by atoms with Gasteiger partial charge in [-0.15, -0.1) is 0 Å². The predicted octanol–water partition coefficient (Wildman–Crippen LogP) is -1.28. The van der Waals surface area contributed by atoms with E-state index in [0.717, 1.165) is 37.4 Å². The number of carbonyl (C=O) groups excluding carboxylic acids is 1. The Bertz CT molecular complexity index is 437. The van der Waals surface area contributed by atoms with E-state index >= 15 is 0 Å². The summed E-state index contributed by atoms with van der Waals surface area (Å²) in [7, 11) is -3.65. The summed E-state index contributed by atoms with van der Waals surface area (Å²) >= 11 is 1.79. The molecule has 2 saturated heterocycles. The van der Waals surface area contributed by atoms with Gasteiger partial charge in [-0.25, -0.2) is 9.86 Å². The van der Waals surface area contributed by atoms with Crippen LogP contribution in [-0.4, -0.2) is 63.0 Å². The standard InChI is InChI=1S/C11H22N4O3S2/c12-20(17,18)14-6-9-2-1-4-15(7-9)11(16)10-8-19-5-3-13-10/h9-10,13-14H,1-8H2,(H2,12,17,18). The van der Waals surface area contributed by atoms with Crippen molar-refractivity contribution in [3.8, 4) is 0 Å². The van der Waals surface area contributed by atoms with Crippen molar-refractivity contribution in [1.29, 1.82) is 0 Å². The van der Waals surface area contributed by atoms with Crippen LogP contribution >= 0.6 is 11.8 Å². The Balaban J connectivity index is 1.84. The van der Waals surface area contributed by atoms with Gasteiger partial charge in [0.1, 0.15) is 0 Å². The molecule has 0 saturated carbocycles. The molecule has 2 atom stereocenters. The minimum atomic E-state index is -3.65. The van der Waals surface area contributed by atoms with Gasteiger partial charge >= 0.3 is 0 Å². The van der Waals surface area contributed by atoms with Crippen molar-refractivity contribution in [2.45, 2.75) is 18.9 Å². The Labute approximate surface area is 124 Å². The lowest BCUT2D eigenvalue weighted by atomic mass is 9.98. The van der Waals surface area contributed by atoms with Crippen LogP contribution in [0.3, 0.4) is 0 Å². The van der Waals surface area contributed by atoms with Crippen LogP contribution in [0.5, 0.6) is 0 Å². The quantitative estimate of drug-likeness (QED) is 0.598. The molecule has 0 aliphatic carbocycles. The van der Waals surface area contributed by atoms with Crippen LogP contribution in [0.25, 0.3) is 0 Å². The van der Waals surface area contributed by atoms with Crippen LogP contribution in [0, 0.1) is 5.92 Å². The van der Waals surface area contributed by atoms with Crippen molar-refractivity contribution in [3.63, 3.8) is 0 Å². The smallest absolute Gasteiger partial charge is 0.274 e. The number of piperidine rings is 1. The topological polar surface area (TPSA) is 105 Å². The zero-order valence-electron chi connectivity index (χ0n) is 11.4. The summed E-state index contributed by atoms with van der Waals surface area (Å²) in [6.45, 7) is 2.53. The fourth-order valence-electron chi connectivity index (χ4n) is 2.61. The maximum Gasteiger partial charge on any atom is 0.274 e. The maximum atomic E-state index is 12.4. The molecule has 1 amide bonds. The molecular weight excluding hydrogens is 300 g/mol. The number of thioether (sulfide) groups is 1. The normalized spacial score (nSPS) is 28.4. The molecule has 0 aromatic carbocycles. The van der Waals surface area contributed by atoms with Gasteiger partial charge in [0.05, 0.1) is 6.04 Å². The highest BCUT2D eigenvalue weighted by Crippen LogP contribution is 2.18. The van der Waals surface area contributed by atoms with Gasteiger partial charge < -0.3 is 10.2 Å². The van der Waals surface area contributed by atoms with Gasteiger partial charge in [-0.05, 0) is 18.8 Å². The highest BCUT2D eigenvalue weighted by molar-refractivity contribution is 7.99. The number of nitrogens with two attached hydrogens (primary N) is 1. The predicted molar refractivity (Wildman–Crippen MR) is 79.5 cm³/mol. The Morgan fingerprint density at radius 3 is 2.95 bits per heavy atom. The minimum Gasteiger partial charge on any atom is -0.341 e. The van der Waals surface area contributed by atoms with E-state index in [4.69, 9.17) is 5.14 Å². The molecule has 0 radical (unpaired) electrons. The molecule has 0 aromatic rings. The second kappa shape index (κ2) is 7.08. The van der Waals surface area contributed by atoms with Gasteiger partial charge in [0.2, 0.25) is 5.91 Å². The first kappa shape index (κ1) is 16.0. The lowest BCUT2D eigenvalue weighted by Crippen LogP contribution is -2.53. The number of hydrogen-bond acceptors (Lipinski definition) is 5. The van der Waals surface area contributed by atoms with Gasteiger partial charge in [0.25, 0.3) is 10.2 Å². The highest BCUT2D eigenvalue weighted by Gasteiger charge is 2.30. The number of nitrogens with zero attached hydrogens (tertiary/aromatic N) is 1. The van der Waals surface area contributed by atoms with Crippen molar-refractivity contribution in [3.05, 3.63) is 0 Å². The van der Waals surface area contributed by atoms with E-state index in [1.807, 2.05) is 4.90 Å². The van der Waals surface area contributed by atoms with Gasteiger partial charge in [0, 0.05) is 37.7 Å². The molecule has 2 aliphatic heterocycles. The van der Waals surface area contributed by atoms with Crippen LogP contribution in [0.2, 0.25) is 0 Å². The van der Waals surface area contributed by atoms with Crippen LogP contribution in [0.15, 0.2) is 0 Å². The third-order valence-electron chi connectivity index (χ3n) is 3.62. The Morgan fingerprint density at radius 2 is 2.30 bits per heavy atom. The summed E-state index contributed by atoms with van der Waals surface area (Å²) in [4.78, 5) is 14.2. The number of rotatable bonds is 4.